The third-order valence-corrected chi connectivity index (χ3v) is 0.231. The second kappa shape index (κ2) is 5.12. The van der Waals surface area contributed by atoms with Gasteiger partial charge in [0.05, 0.1) is 0 Å². The summed E-state index contributed by atoms with van der Waals surface area (Å²) in [5, 5.41) is 0. The molecule has 0 aromatic rings. The van der Waals surface area contributed by atoms with Crippen molar-refractivity contribution >= 4 is 0 Å². The van der Waals surface area contributed by atoms with E-state index < -0.39 is 19.7 Å². The average Bonchev–Trinajstić information content (AvgIpc) is 1.53. The van der Waals surface area contributed by atoms with Crippen LogP contribution < -0.4 is 0 Å². The molecule has 0 bridgehead atoms. The molecule has 0 fully saturated rings. The molecule has 0 aliphatic carbocycles. The van der Waals surface area contributed by atoms with Crippen LogP contribution in [-0.4, -0.2) is 19.7 Å². The summed E-state index contributed by atoms with van der Waals surface area (Å²) in [5.74, 6) is 0. The standard InChI is InChI=1S/C2F6O.CH2F2/c3-1(4,5)9-2(6,7)8;2-1-3/h;1H2. The third-order valence-electron chi connectivity index (χ3n) is 0.231. The largest absolute Gasteiger partial charge is 0.529 e. The first-order valence-corrected chi connectivity index (χ1v) is 2.08. The minimum absolute atomic E-state index is 1.62. The van der Waals surface area contributed by atoms with E-state index in [-0.39, 0.29) is 0 Å². The van der Waals surface area contributed by atoms with Gasteiger partial charge in [0.1, 0.15) is 0 Å². The van der Waals surface area contributed by atoms with Gasteiger partial charge < -0.3 is 0 Å². The quantitative estimate of drug-likeness (QED) is 0.553. The lowest BCUT2D eigenvalue weighted by Crippen LogP contribution is -2.25. The summed E-state index contributed by atoms with van der Waals surface area (Å²) < 4.78 is 84.5. The number of hydrogen-bond donors (Lipinski definition) is 0. The number of rotatable bonds is 0. The molecule has 0 aromatic heterocycles. The Morgan fingerprint density at radius 3 is 0.917 bits per heavy atom. The Labute approximate surface area is 60.9 Å². The third kappa shape index (κ3) is 22.7. The summed E-state index contributed by atoms with van der Waals surface area (Å²) in [7, 11) is 0. The summed E-state index contributed by atoms with van der Waals surface area (Å²) in [6, 6.07) is 0. The van der Waals surface area contributed by atoms with Crippen LogP contribution in [0.3, 0.4) is 0 Å². The highest BCUT2D eigenvalue weighted by Crippen LogP contribution is 2.28. The van der Waals surface area contributed by atoms with Crippen LogP contribution in [0.5, 0.6) is 0 Å². The minimum Gasteiger partial charge on any atom is -0.214 e. The monoisotopic (exact) mass is 206 g/mol. The van der Waals surface area contributed by atoms with Crippen molar-refractivity contribution < 1.29 is 39.9 Å². The zero-order valence-corrected chi connectivity index (χ0v) is 5.14. The van der Waals surface area contributed by atoms with Gasteiger partial charge in [-0.2, -0.15) is 4.74 Å². The molecule has 12 heavy (non-hydrogen) atoms. The van der Waals surface area contributed by atoms with Gasteiger partial charge in [-0.3, -0.25) is 0 Å². The second-order valence-corrected chi connectivity index (χ2v) is 1.09. The molecule has 0 amide bonds. The molecule has 0 heterocycles. The smallest absolute Gasteiger partial charge is 0.214 e. The fourth-order valence-electron chi connectivity index (χ4n) is 0.131. The van der Waals surface area contributed by atoms with E-state index in [0.717, 1.165) is 0 Å². The van der Waals surface area contributed by atoms with Gasteiger partial charge in [-0.1, -0.05) is 0 Å². The van der Waals surface area contributed by atoms with Crippen LogP contribution in [0.25, 0.3) is 0 Å². The average molecular weight is 206 g/mol. The number of alkyl halides is 8. The van der Waals surface area contributed by atoms with Crippen LogP contribution in [0, 0.1) is 0 Å². The Kier molecular flexibility index (Phi) is 5.95. The predicted molar refractivity (Wildman–Crippen MR) is 20.3 cm³/mol. The van der Waals surface area contributed by atoms with Gasteiger partial charge in [-0.05, 0) is 0 Å². The van der Waals surface area contributed by atoms with Gasteiger partial charge in [0.2, 0.25) is 6.93 Å². The van der Waals surface area contributed by atoms with Gasteiger partial charge in [-0.15, -0.1) is 26.3 Å². The molecular weight excluding hydrogens is 204 g/mol. The molecule has 0 radical (unpaired) electrons. The lowest BCUT2D eigenvalue weighted by Gasteiger charge is -2.08. The van der Waals surface area contributed by atoms with Crippen LogP contribution in [0.4, 0.5) is 35.1 Å². The van der Waals surface area contributed by atoms with Crippen molar-refractivity contribution in [2.24, 2.45) is 0 Å². The maximum Gasteiger partial charge on any atom is 0.529 e. The molecule has 0 aromatic carbocycles. The first-order chi connectivity index (χ1) is 5.12. The van der Waals surface area contributed by atoms with Crippen LogP contribution in [0.2, 0.25) is 0 Å². The molecule has 0 atom stereocenters. The molecule has 76 valence electrons. The van der Waals surface area contributed by atoms with E-state index in [9.17, 15) is 35.1 Å². The van der Waals surface area contributed by atoms with Crippen molar-refractivity contribution in [3.05, 3.63) is 0 Å². The second-order valence-electron chi connectivity index (χ2n) is 1.09. The van der Waals surface area contributed by atoms with E-state index in [1.165, 1.54) is 0 Å². The molecule has 0 saturated carbocycles. The highest BCUT2D eigenvalue weighted by atomic mass is 19.4. The number of ether oxygens (including phenoxy) is 1. The summed E-state index contributed by atoms with van der Waals surface area (Å²) in [5.41, 5.74) is 0. The summed E-state index contributed by atoms with van der Waals surface area (Å²) >= 11 is 0. The van der Waals surface area contributed by atoms with Crippen molar-refractivity contribution in [1.82, 2.24) is 0 Å². The molecule has 0 spiro atoms. The first-order valence-electron chi connectivity index (χ1n) is 2.08. The Hall–Kier alpha value is -0.600. The van der Waals surface area contributed by atoms with Crippen molar-refractivity contribution in [2.45, 2.75) is 12.7 Å². The minimum atomic E-state index is -5.64. The fraction of sp³-hybridized carbons (Fsp3) is 1.00. The normalized spacial score (nSPS) is 12.0. The molecule has 0 unspecified atom stereocenters. The zero-order chi connectivity index (χ0) is 10.4. The van der Waals surface area contributed by atoms with Crippen LogP contribution in [0.1, 0.15) is 0 Å². The van der Waals surface area contributed by atoms with Crippen molar-refractivity contribution in [3.63, 3.8) is 0 Å². The molecule has 0 aliphatic rings. The van der Waals surface area contributed by atoms with Crippen LogP contribution in [0.15, 0.2) is 0 Å². The molecule has 0 N–H and O–H groups in total. The predicted octanol–water partition coefficient (Wildman–Crippen LogP) is 2.93. The summed E-state index contributed by atoms with van der Waals surface area (Å²) in [6.07, 6.45) is -11.3. The maximum absolute atomic E-state index is 10.6. The topological polar surface area (TPSA) is 9.23 Å². The van der Waals surface area contributed by atoms with Crippen LogP contribution in [-0.2, 0) is 4.74 Å². The van der Waals surface area contributed by atoms with E-state index >= 15 is 0 Å². The number of hydrogen-bond acceptors (Lipinski definition) is 1. The van der Waals surface area contributed by atoms with E-state index in [0.29, 0.717) is 0 Å². The lowest BCUT2D eigenvalue weighted by molar-refractivity contribution is -0.463. The van der Waals surface area contributed by atoms with Crippen LogP contribution >= 0.6 is 0 Å². The van der Waals surface area contributed by atoms with Crippen molar-refractivity contribution in [3.8, 4) is 0 Å². The summed E-state index contributed by atoms with van der Waals surface area (Å²) in [6.45, 7) is -1.75. The molecular formula is C3H2F8O. The van der Waals surface area contributed by atoms with Gasteiger partial charge in [0.25, 0.3) is 0 Å². The maximum atomic E-state index is 10.6. The molecule has 1 nitrogen and oxygen atoms in total. The van der Waals surface area contributed by atoms with Crippen molar-refractivity contribution in [2.75, 3.05) is 6.93 Å². The fourth-order valence-corrected chi connectivity index (χ4v) is 0.131. The van der Waals surface area contributed by atoms with Gasteiger partial charge in [0.15, 0.2) is 0 Å². The van der Waals surface area contributed by atoms with E-state index in [1.807, 2.05) is 0 Å². The van der Waals surface area contributed by atoms with E-state index in [1.54, 1.807) is 4.74 Å². The Bertz CT molecular complexity index is 89.9. The van der Waals surface area contributed by atoms with Gasteiger partial charge in [0, 0.05) is 0 Å². The highest BCUT2D eigenvalue weighted by Gasteiger charge is 2.45. The first kappa shape index (κ1) is 14.0. The Balaban J connectivity index is 0. The van der Waals surface area contributed by atoms with Gasteiger partial charge in [-0.25, -0.2) is 8.78 Å². The lowest BCUT2D eigenvalue weighted by atomic mass is 11.2. The van der Waals surface area contributed by atoms with Crippen molar-refractivity contribution in [1.29, 1.82) is 0 Å². The number of halogens is 8. The molecule has 0 saturated heterocycles. The Morgan fingerprint density at radius 2 is 0.917 bits per heavy atom. The van der Waals surface area contributed by atoms with E-state index in [4.69, 9.17) is 0 Å². The highest BCUT2D eigenvalue weighted by molar-refractivity contribution is 4.30. The zero-order valence-electron chi connectivity index (χ0n) is 5.14. The van der Waals surface area contributed by atoms with E-state index in [2.05, 4.69) is 0 Å². The Morgan fingerprint density at radius 1 is 0.750 bits per heavy atom. The molecule has 0 rings (SSSR count). The molecule has 0 aliphatic heterocycles. The SMILES string of the molecule is FC(F)(F)OC(F)(F)F.FCF. The molecule has 9 heteroatoms. The van der Waals surface area contributed by atoms with Gasteiger partial charge >= 0.3 is 12.7 Å². The summed E-state index contributed by atoms with van der Waals surface area (Å²) in [4.78, 5) is 0.